The van der Waals surface area contributed by atoms with Crippen LogP contribution in [0.4, 0.5) is 5.82 Å². The molecule has 0 aromatic carbocycles. The zero-order valence-electron chi connectivity index (χ0n) is 11.5. The number of carbonyl (C=O) groups is 1. The number of anilines is 1. The predicted molar refractivity (Wildman–Crippen MR) is 74.1 cm³/mol. The van der Waals surface area contributed by atoms with Crippen molar-refractivity contribution in [3.63, 3.8) is 0 Å². The average molecular weight is 263 g/mol. The van der Waals surface area contributed by atoms with E-state index in [1.54, 1.807) is 23.2 Å². The Balaban J connectivity index is 2.15. The van der Waals surface area contributed by atoms with Gasteiger partial charge in [-0.2, -0.15) is 0 Å². The number of likely N-dealkylation sites (tertiary alicyclic amines) is 1. The summed E-state index contributed by atoms with van der Waals surface area (Å²) >= 11 is 0. The molecule has 1 saturated heterocycles. The number of aliphatic hydroxyl groups is 1. The molecular weight excluding hydrogens is 242 g/mol. The summed E-state index contributed by atoms with van der Waals surface area (Å²) in [5.41, 5.74) is 0.575. The highest BCUT2D eigenvalue weighted by Crippen LogP contribution is 2.21. The van der Waals surface area contributed by atoms with Crippen molar-refractivity contribution in [3.05, 3.63) is 23.9 Å². The van der Waals surface area contributed by atoms with Gasteiger partial charge >= 0.3 is 0 Å². The fourth-order valence-electron chi connectivity index (χ4n) is 2.29. The zero-order valence-corrected chi connectivity index (χ0v) is 11.5. The number of hydrogen-bond donors (Lipinski definition) is 2. The zero-order chi connectivity index (χ0) is 13.8. The molecule has 0 bridgehead atoms. The molecule has 2 N–H and O–H groups in total. The Hall–Kier alpha value is -1.62. The lowest BCUT2D eigenvalue weighted by Gasteiger charge is -2.34. The van der Waals surface area contributed by atoms with Crippen molar-refractivity contribution in [1.82, 2.24) is 9.88 Å². The molecule has 2 atom stereocenters. The van der Waals surface area contributed by atoms with Gasteiger partial charge in [-0.3, -0.25) is 4.79 Å². The van der Waals surface area contributed by atoms with Crippen LogP contribution in [0.2, 0.25) is 0 Å². The fraction of sp³-hybridized carbons (Fsp3) is 0.571. The molecule has 0 aliphatic carbocycles. The minimum atomic E-state index is -0.433. The van der Waals surface area contributed by atoms with E-state index < -0.39 is 6.10 Å². The largest absolute Gasteiger partial charge is 0.391 e. The molecule has 0 spiro atoms. The highest BCUT2D eigenvalue weighted by molar-refractivity contribution is 5.98. The summed E-state index contributed by atoms with van der Waals surface area (Å²) in [4.78, 5) is 18.4. The van der Waals surface area contributed by atoms with Crippen LogP contribution in [0.15, 0.2) is 18.3 Å². The minimum Gasteiger partial charge on any atom is -0.391 e. The number of hydrogen-bond acceptors (Lipinski definition) is 4. The Morgan fingerprint density at radius 3 is 3.11 bits per heavy atom. The number of pyridine rings is 1. The van der Waals surface area contributed by atoms with E-state index in [4.69, 9.17) is 0 Å². The number of amides is 1. The Bertz CT molecular complexity index is 450. The third kappa shape index (κ3) is 3.04. The topological polar surface area (TPSA) is 65.5 Å². The Morgan fingerprint density at radius 1 is 1.63 bits per heavy atom. The normalized spacial score (nSPS) is 23.2. The van der Waals surface area contributed by atoms with Crippen molar-refractivity contribution in [2.75, 3.05) is 25.0 Å². The van der Waals surface area contributed by atoms with E-state index in [9.17, 15) is 9.90 Å². The number of aromatic nitrogens is 1. The Morgan fingerprint density at radius 2 is 2.42 bits per heavy atom. The number of nitrogens with zero attached hydrogens (tertiary/aromatic N) is 2. The highest BCUT2D eigenvalue weighted by Gasteiger charge is 2.28. The minimum absolute atomic E-state index is 0.0602. The highest BCUT2D eigenvalue weighted by atomic mass is 16.3. The molecule has 0 radical (unpaired) electrons. The smallest absolute Gasteiger partial charge is 0.257 e. The van der Waals surface area contributed by atoms with Crippen LogP contribution in [0.25, 0.3) is 0 Å². The maximum atomic E-state index is 12.5. The molecule has 2 unspecified atom stereocenters. The van der Waals surface area contributed by atoms with Gasteiger partial charge in [0, 0.05) is 25.8 Å². The van der Waals surface area contributed by atoms with Crippen LogP contribution in [0.3, 0.4) is 0 Å². The fourth-order valence-corrected chi connectivity index (χ4v) is 2.29. The van der Waals surface area contributed by atoms with E-state index in [1.165, 1.54) is 0 Å². The van der Waals surface area contributed by atoms with Gasteiger partial charge in [-0.05, 0) is 31.4 Å². The van der Waals surface area contributed by atoms with E-state index >= 15 is 0 Å². The lowest BCUT2D eigenvalue weighted by molar-refractivity contribution is 0.0249. The third-order valence-electron chi connectivity index (χ3n) is 3.59. The van der Waals surface area contributed by atoms with Crippen molar-refractivity contribution < 1.29 is 9.90 Å². The van der Waals surface area contributed by atoms with Crippen molar-refractivity contribution in [2.45, 2.75) is 26.4 Å². The predicted octanol–water partition coefficient (Wildman–Crippen LogP) is 1.36. The summed E-state index contributed by atoms with van der Waals surface area (Å²) in [5, 5.41) is 13.0. The first-order valence-electron chi connectivity index (χ1n) is 6.79. The molecule has 1 aromatic rings. The summed E-state index contributed by atoms with van der Waals surface area (Å²) in [6.45, 7) is 5.80. The first kappa shape index (κ1) is 13.8. The number of piperidine rings is 1. The monoisotopic (exact) mass is 263 g/mol. The van der Waals surface area contributed by atoms with Gasteiger partial charge in [-0.1, -0.05) is 6.92 Å². The van der Waals surface area contributed by atoms with Gasteiger partial charge in [-0.25, -0.2) is 4.98 Å². The summed E-state index contributed by atoms with van der Waals surface area (Å²) < 4.78 is 0. The van der Waals surface area contributed by atoms with Crippen molar-refractivity contribution in [3.8, 4) is 0 Å². The molecule has 1 aromatic heterocycles. The number of aliphatic hydroxyl groups excluding tert-OH is 1. The third-order valence-corrected chi connectivity index (χ3v) is 3.59. The Kier molecular flexibility index (Phi) is 4.37. The number of nitrogens with one attached hydrogen (secondary N) is 1. The summed E-state index contributed by atoms with van der Waals surface area (Å²) in [6.07, 6.45) is 2.07. The van der Waals surface area contributed by atoms with Gasteiger partial charge in [0.15, 0.2) is 0 Å². The standard InChI is InChI=1S/C14H21N3O2/c1-3-15-13-11(5-4-7-16-13)14(19)17-8-6-10(2)12(18)9-17/h4-5,7,10,12,18H,3,6,8-9H2,1-2H3,(H,15,16). The second kappa shape index (κ2) is 6.02. The van der Waals surface area contributed by atoms with E-state index in [0.717, 1.165) is 13.0 Å². The summed E-state index contributed by atoms with van der Waals surface area (Å²) in [6, 6.07) is 3.54. The summed E-state index contributed by atoms with van der Waals surface area (Å²) in [7, 11) is 0. The molecule has 1 aliphatic heterocycles. The van der Waals surface area contributed by atoms with Crippen LogP contribution >= 0.6 is 0 Å². The number of β-amino-alcohol motifs (C(OH)–C–C–N with tert-alkyl or cyclic N) is 1. The molecule has 1 fully saturated rings. The van der Waals surface area contributed by atoms with Crippen LogP contribution in [0.1, 0.15) is 30.6 Å². The number of carbonyl (C=O) groups excluding carboxylic acids is 1. The van der Waals surface area contributed by atoms with E-state index in [-0.39, 0.29) is 11.8 Å². The van der Waals surface area contributed by atoms with Crippen LogP contribution in [0, 0.1) is 5.92 Å². The maximum absolute atomic E-state index is 12.5. The second-order valence-electron chi connectivity index (χ2n) is 5.01. The SMILES string of the molecule is CCNc1ncccc1C(=O)N1CCC(C)C(O)C1. The van der Waals surface area contributed by atoms with Gasteiger partial charge in [0.2, 0.25) is 0 Å². The van der Waals surface area contributed by atoms with Crippen LogP contribution in [-0.2, 0) is 0 Å². The summed E-state index contributed by atoms with van der Waals surface area (Å²) in [5.74, 6) is 0.810. The second-order valence-corrected chi connectivity index (χ2v) is 5.01. The van der Waals surface area contributed by atoms with Gasteiger partial charge in [0.1, 0.15) is 5.82 Å². The molecule has 1 aliphatic rings. The van der Waals surface area contributed by atoms with Crippen molar-refractivity contribution in [2.24, 2.45) is 5.92 Å². The quantitative estimate of drug-likeness (QED) is 0.864. The molecule has 1 amide bonds. The molecule has 2 heterocycles. The van der Waals surface area contributed by atoms with E-state index in [0.29, 0.717) is 24.5 Å². The van der Waals surface area contributed by atoms with Crippen LogP contribution in [-0.4, -0.2) is 46.6 Å². The molecule has 5 nitrogen and oxygen atoms in total. The van der Waals surface area contributed by atoms with E-state index in [2.05, 4.69) is 10.3 Å². The maximum Gasteiger partial charge on any atom is 0.257 e. The molecule has 5 heteroatoms. The van der Waals surface area contributed by atoms with Gasteiger partial charge < -0.3 is 15.3 Å². The first-order valence-corrected chi connectivity index (χ1v) is 6.79. The Labute approximate surface area is 113 Å². The first-order chi connectivity index (χ1) is 9.13. The van der Waals surface area contributed by atoms with Gasteiger partial charge in [-0.15, -0.1) is 0 Å². The average Bonchev–Trinajstić information content (AvgIpc) is 2.42. The molecule has 0 saturated carbocycles. The lowest BCUT2D eigenvalue weighted by Crippen LogP contribution is -2.46. The van der Waals surface area contributed by atoms with Gasteiger partial charge in [0.25, 0.3) is 5.91 Å². The van der Waals surface area contributed by atoms with Crippen LogP contribution < -0.4 is 5.32 Å². The van der Waals surface area contributed by atoms with Gasteiger partial charge in [0.05, 0.1) is 11.7 Å². The number of rotatable bonds is 3. The van der Waals surface area contributed by atoms with Crippen LogP contribution in [0.5, 0.6) is 0 Å². The molecule has 19 heavy (non-hydrogen) atoms. The molecule has 2 rings (SSSR count). The van der Waals surface area contributed by atoms with Crippen molar-refractivity contribution in [1.29, 1.82) is 0 Å². The lowest BCUT2D eigenvalue weighted by atomic mass is 9.95. The molecular formula is C14H21N3O2. The van der Waals surface area contributed by atoms with E-state index in [1.807, 2.05) is 13.8 Å². The molecule has 104 valence electrons. The van der Waals surface area contributed by atoms with Crippen molar-refractivity contribution >= 4 is 11.7 Å².